The molecule has 3 rings (SSSR count). The molecule has 1 aliphatic carbocycles. The fourth-order valence-electron chi connectivity index (χ4n) is 3.39. The Labute approximate surface area is 134 Å². The molecule has 0 aromatic heterocycles. The van der Waals surface area contributed by atoms with Crippen molar-refractivity contribution in [3.63, 3.8) is 0 Å². The van der Waals surface area contributed by atoms with Crippen LogP contribution in [-0.2, 0) is 4.79 Å². The average Bonchev–Trinajstić information content (AvgIpc) is 3.20. The van der Waals surface area contributed by atoms with Gasteiger partial charge in [0.15, 0.2) is 11.6 Å². The first-order chi connectivity index (χ1) is 11.0. The molecule has 2 N–H and O–H groups in total. The smallest absolute Gasteiger partial charge is 0.224 e. The Morgan fingerprint density at radius 3 is 2.87 bits per heavy atom. The number of benzene rings is 1. The standard InChI is InChI=1S/C17H22F2N2O2/c1-11(10-23-15-3-2-12(18)8-14(15)19)21-16(22)13-9-17(13)4-6-20-7-5-17/h2-3,8,11,13,20H,4-7,9-10H2,1H3,(H,21,22). The molecule has 1 aromatic rings. The zero-order chi connectivity index (χ0) is 16.4. The highest BCUT2D eigenvalue weighted by Gasteiger charge is 2.57. The summed E-state index contributed by atoms with van der Waals surface area (Å²) in [6, 6.07) is 2.95. The van der Waals surface area contributed by atoms with Crippen molar-refractivity contribution >= 4 is 5.91 Å². The predicted molar refractivity (Wildman–Crippen MR) is 82.1 cm³/mol. The summed E-state index contributed by atoms with van der Waals surface area (Å²) in [6.45, 7) is 3.92. The SMILES string of the molecule is CC(COc1ccc(F)cc1F)NC(=O)C1CC12CCNCC2. The number of halogens is 2. The second kappa shape index (κ2) is 6.43. The van der Waals surface area contributed by atoms with E-state index in [2.05, 4.69) is 10.6 Å². The molecule has 1 heterocycles. The summed E-state index contributed by atoms with van der Waals surface area (Å²) in [5.41, 5.74) is 0.193. The molecule has 1 saturated carbocycles. The maximum atomic E-state index is 13.5. The lowest BCUT2D eigenvalue weighted by molar-refractivity contribution is -0.124. The topological polar surface area (TPSA) is 50.4 Å². The summed E-state index contributed by atoms with van der Waals surface area (Å²) in [5, 5.41) is 6.25. The van der Waals surface area contributed by atoms with Gasteiger partial charge in [-0.05, 0) is 56.8 Å². The molecule has 126 valence electrons. The molecular formula is C17H22F2N2O2. The number of piperidine rings is 1. The maximum Gasteiger partial charge on any atom is 0.224 e. The van der Waals surface area contributed by atoms with Crippen LogP contribution in [0.25, 0.3) is 0 Å². The molecule has 1 aliphatic heterocycles. The van der Waals surface area contributed by atoms with Crippen LogP contribution in [0.3, 0.4) is 0 Å². The van der Waals surface area contributed by atoms with Gasteiger partial charge in [-0.3, -0.25) is 4.79 Å². The highest BCUT2D eigenvalue weighted by atomic mass is 19.1. The molecule has 1 saturated heterocycles. The van der Waals surface area contributed by atoms with Gasteiger partial charge in [0.2, 0.25) is 5.91 Å². The number of ether oxygens (including phenoxy) is 1. The van der Waals surface area contributed by atoms with E-state index in [4.69, 9.17) is 4.74 Å². The van der Waals surface area contributed by atoms with Gasteiger partial charge in [-0.15, -0.1) is 0 Å². The Kier molecular flexibility index (Phi) is 4.53. The van der Waals surface area contributed by atoms with Gasteiger partial charge in [0.05, 0.1) is 6.04 Å². The van der Waals surface area contributed by atoms with Crippen molar-refractivity contribution in [1.29, 1.82) is 0 Å². The Hall–Kier alpha value is -1.69. The Balaban J connectivity index is 1.46. The molecule has 1 aromatic carbocycles. The molecule has 4 nitrogen and oxygen atoms in total. The molecule has 23 heavy (non-hydrogen) atoms. The number of amides is 1. The van der Waals surface area contributed by atoms with Crippen LogP contribution in [0.2, 0.25) is 0 Å². The van der Waals surface area contributed by atoms with Crippen molar-refractivity contribution in [2.75, 3.05) is 19.7 Å². The number of rotatable bonds is 5. The van der Waals surface area contributed by atoms with E-state index < -0.39 is 11.6 Å². The Morgan fingerprint density at radius 2 is 2.17 bits per heavy atom. The fourth-order valence-corrected chi connectivity index (χ4v) is 3.39. The first-order valence-electron chi connectivity index (χ1n) is 8.09. The van der Waals surface area contributed by atoms with Crippen LogP contribution in [-0.4, -0.2) is 31.6 Å². The number of carbonyl (C=O) groups excluding carboxylic acids is 1. The van der Waals surface area contributed by atoms with Crippen molar-refractivity contribution in [3.05, 3.63) is 29.8 Å². The van der Waals surface area contributed by atoms with E-state index in [1.54, 1.807) is 0 Å². The summed E-state index contributed by atoms with van der Waals surface area (Å²) in [4.78, 5) is 12.3. The van der Waals surface area contributed by atoms with Crippen LogP contribution in [0.1, 0.15) is 26.2 Å². The summed E-state index contributed by atoms with van der Waals surface area (Å²) < 4.78 is 31.6. The van der Waals surface area contributed by atoms with Gasteiger partial charge < -0.3 is 15.4 Å². The van der Waals surface area contributed by atoms with Crippen LogP contribution in [0, 0.1) is 23.0 Å². The zero-order valence-electron chi connectivity index (χ0n) is 13.2. The summed E-state index contributed by atoms with van der Waals surface area (Å²) in [5.74, 6) is -1.23. The van der Waals surface area contributed by atoms with E-state index in [-0.39, 0.29) is 35.6 Å². The van der Waals surface area contributed by atoms with Gasteiger partial charge in [0, 0.05) is 12.0 Å². The lowest BCUT2D eigenvalue weighted by atomic mass is 9.91. The van der Waals surface area contributed by atoms with Crippen molar-refractivity contribution in [2.45, 2.75) is 32.2 Å². The zero-order valence-corrected chi connectivity index (χ0v) is 13.2. The highest BCUT2D eigenvalue weighted by Crippen LogP contribution is 2.58. The van der Waals surface area contributed by atoms with E-state index >= 15 is 0 Å². The molecule has 1 spiro atoms. The second-order valence-electron chi connectivity index (χ2n) is 6.66. The molecule has 0 bridgehead atoms. The van der Waals surface area contributed by atoms with Gasteiger partial charge >= 0.3 is 0 Å². The van der Waals surface area contributed by atoms with E-state index in [9.17, 15) is 13.6 Å². The molecule has 2 fully saturated rings. The minimum Gasteiger partial charge on any atom is -0.488 e. The van der Waals surface area contributed by atoms with Gasteiger partial charge in [-0.1, -0.05) is 0 Å². The monoisotopic (exact) mass is 324 g/mol. The van der Waals surface area contributed by atoms with Gasteiger partial charge in [-0.2, -0.15) is 0 Å². The van der Waals surface area contributed by atoms with Crippen molar-refractivity contribution in [3.8, 4) is 5.75 Å². The van der Waals surface area contributed by atoms with E-state index in [1.165, 1.54) is 6.07 Å². The molecule has 2 aliphatic rings. The molecule has 2 unspecified atom stereocenters. The number of hydrogen-bond acceptors (Lipinski definition) is 3. The van der Waals surface area contributed by atoms with Crippen LogP contribution in [0.15, 0.2) is 18.2 Å². The highest BCUT2D eigenvalue weighted by molar-refractivity contribution is 5.82. The van der Waals surface area contributed by atoms with Crippen LogP contribution >= 0.6 is 0 Å². The van der Waals surface area contributed by atoms with Gasteiger partial charge in [0.1, 0.15) is 12.4 Å². The minimum absolute atomic E-state index is 0.00579. The number of hydrogen-bond donors (Lipinski definition) is 2. The summed E-state index contributed by atoms with van der Waals surface area (Å²) in [7, 11) is 0. The quantitative estimate of drug-likeness (QED) is 0.873. The Bertz CT molecular complexity index is 588. The van der Waals surface area contributed by atoms with Crippen LogP contribution in [0.4, 0.5) is 8.78 Å². The van der Waals surface area contributed by atoms with Gasteiger partial charge in [0.25, 0.3) is 0 Å². The molecule has 6 heteroatoms. The van der Waals surface area contributed by atoms with E-state index in [0.29, 0.717) is 0 Å². The third kappa shape index (κ3) is 3.63. The first kappa shape index (κ1) is 16.2. The van der Waals surface area contributed by atoms with E-state index in [1.807, 2.05) is 6.92 Å². The summed E-state index contributed by atoms with van der Waals surface area (Å²) >= 11 is 0. The normalized spacial score (nSPS) is 23.3. The van der Waals surface area contributed by atoms with Crippen molar-refractivity contribution in [2.24, 2.45) is 11.3 Å². The first-order valence-corrected chi connectivity index (χ1v) is 8.09. The fraction of sp³-hybridized carbons (Fsp3) is 0.588. The third-order valence-corrected chi connectivity index (χ3v) is 4.88. The van der Waals surface area contributed by atoms with Crippen LogP contribution < -0.4 is 15.4 Å². The number of nitrogens with one attached hydrogen (secondary N) is 2. The molecular weight excluding hydrogens is 302 g/mol. The van der Waals surface area contributed by atoms with E-state index in [0.717, 1.165) is 44.5 Å². The Morgan fingerprint density at radius 1 is 1.43 bits per heavy atom. The lowest BCUT2D eigenvalue weighted by Crippen LogP contribution is -2.40. The third-order valence-electron chi connectivity index (χ3n) is 4.88. The molecule has 0 radical (unpaired) electrons. The maximum absolute atomic E-state index is 13.5. The number of carbonyl (C=O) groups is 1. The summed E-state index contributed by atoms with van der Waals surface area (Å²) in [6.07, 6.45) is 3.06. The average molecular weight is 324 g/mol. The molecule has 2 atom stereocenters. The van der Waals surface area contributed by atoms with Crippen LogP contribution in [0.5, 0.6) is 5.75 Å². The predicted octanol–water partition coefficient (Wildman–Crippen LogP) is 2.24. The van der Waals surface area contributed by atoms with Gasteiger partial charge in [-0.25, -0.2) is 8.78 Å². The lowest BCUT2D eigenvalue weighted by Gasteiger charge is -2.23. The second-order valence-corrected chi connectivity index (χ2v) is 6.66. The largest absolute Gasteiger partial charge is 0.488 e. The van der Waals surface area contributed by atoms with Crippen molar-refractivity contribution in [1.82, 2.24) is 10.6 Å². The minimum atomic E-state index is -0.737. The van der Waals surface area contributed by atoms with Crippen molar-refractivity contribution < 1.29 is 18.3 Å². The molecule has 1 amide bonds.